The highest BCUT2D eigenvalue weighted by Crippen LogP contribution is 2.31. The molecule has 0 aliphatic carbocycles. The molecular formula is C26H26N2O. The third-order valence-corrected chi connectivity index (χ3v) is 5.14. The summed E-state index contributed by atoms with van der Waals surface area (Å²) in [5, 5.41) is 4.93. The summed E-state index contributed by atoms with van der Waals surface area (Å²) in [6.07, 6.45) is 0. The number of methoxy groups -OCH3 is 1. The summed E-state index contributed by atoms with van der Waals surface area (Å²) < 4.78 is 7.31. The first-order valence-corrected chi connectivity index (χ1v) is 9.86. The van der Waals surface area contributed by atoms with Crippen molar-refractivity contribution in [1.29, 1.82) is 0 Å². The van der Waals surface area contributed by atoms with Gasteiger partial charge in [0.15, 0.2) is 0 Å². The first-order chi connectivity index (χ1) is 14.0. The van der Waals surface area contributed by atoms with Gasteiger partial charge in [-0.15, -0.1) is 0 Å². The number of hydrogen-bond donors (Lipinski definition) is 0. The van der Waals surface area contributed by atoms with Gasteiger partial charge in [0.05, 0.1) is 24.2 Å². The summed E-state index contributed by atoms with van der Waals surface area (Å²) in [5.74, 6) is 0.842. The summed E-state index contributed by atoms with van der Waals surface area (Å²) in [4.78, 5) is 0. The minimum absolute atomic E-state index is 0.131. The predicted octanol–water partition coefficient (Wildman–Crippen LogP) is 6.51. The number of benzene rings is 3. The summed E-state index contributed by atoms with van der Waals surface area (Å²) in [7, 11) is 1.68. The molecule has 0 aliphatic rings. The lowest BCUT2D eigenvalue weighted by Gasteiger charge is -2.19. The van der Waals surface area contributed by atoms with Crippen molar-refractivity contribution in [2.45, 2.75) is 26.2 Å². The maximum Gasteiger partial charge on any atom is 0.118 e. The molecule has 4 aromatic rings. The van der Waals surface area contributed by atoms with Crippen molar-refractivity contribution in [3.05, 3.63) is 90.5 Å². The van der Waals surface area contributed by atoms with Gasteiger partial charge in [0.1, 0.15) is 5.75 Å². The van der Waals surface area contributed by atoms with E-state index in [9.17, 15) is 0 Å². The van der Waals surface area contributed by atoms with E-state index in [0.717, 1.165) is 34.0 Å². The summed E-state index contributed by atoms with van der Waals surface area (Å²) in [5.41, 5.74) is 6.72. The highest BCUT2D eigenvalue weighted by Gasteiger charge is 2.16. The van der Waals surface area contributed by atoms with E-state index < -0.39 is 0 Å². The van der Waals surface area contributed by atoms with Crippen molar-refractivity contribution in [3.63, 3.8) is 0 Å². The van der Waals surface area contributed by atoms with Crippen LogP contribution in [0, 0.1) is 0 Å². The predicted molar refractivity (Wildman–Crippen MR) is 120 cm³/mol. The van der Waals surface area contributed by atoms with Crippen molar-refractivity contribution in [3.8, 4) is 34.0 Å². The maximum atomic E-state index is 5.29. The van der Waals surface area contributed by atoms with Crippen LogP contribution >= 0.6 is 0 Å². The van der Waals surface area contributed by atoms with E-state index in [2.05, 4.69) is 63.2 Å². The second kappa shape index (κ2) is 7.59. The highest BCUT2D eigenvalue weighted by atomic mass is 16.5. The molecule has 29 heavy (non-hydrogen) atoms. The van der Waals surface area contributed by atoms with Gasteiger partial charge in [-0.25, -0.2) is 4.68 Å². The Morgan fingerprint density at radius 1 is 0.759 bits per heavy atom. The molecule has 1 heterocycles. The minimum atomic E-state index is 0.131. The fraction of sp³-hybridized carbons (Fsp3) is 0.192. The first kappa shape index (κ1) is 19.0. The van der Waals surface area contributed by atoms with Gasteiger partial charge in [-0.1, -0.05) is 63.2 Å². The molecule has 3 aromatic carbocycles. The van der Waals surface area contributed by atoms with Crippen LogP contribution in [0.25, 0.3) is 28.2 Å². The lowest BCUT2D eigenvalue weighted by atomic mass is 9.86. The fourth-order valence-corrected chi connectivity index (χ4v) is 3.40. The molecule has 0 radical (unpaired) electrons. The van der Waals surface area contributed by atoms with E-state index in [1.807, 2.05) is 47.1 Å². The molecule has 4 rings (SSSR count). The molecule has 0 spiro atoms. The third kappa shape index (κ3) is 3.95. The van der Waals surface area contributed by atoms with Gasteiger partial charge in [0, 0.05) is 11.1 Å². The molecule has 0 saturated heterocycles. The van der Waals surface area contributed by atoms with Crippen LogP contribution in [-0.4, -0.2) is 16.9 Å². The van der Waals surface area contributed by atoms with Gasteiger partial charge in [-0.05, 0) is 53.4 Å². The van der Waals surface area contributed by atoms with Gasteiger partial charge < -0.3 is 4.74 Å². The molecule has 0 N–H and O–H groups in total. The van der Waals surface area contributed by atoms with E-state index in [-0.39, 0.29) is 5.41 Å². The Balaban J connectivity index is 1.82. The Morgan fingerprint density at radius 3 is 1.97 bits per heavy atom. The quantitative estimate of drug-likeness (QED) is 0.402. The molecule has 146 valence electrons. The molecule has 0 atom stereocenters. The Hall–Kier alpha value is -3.33. The van der Waals surface area contributed by atoms with E-state index in [4.69, 9.17) is 9.84 Å². The zero-order chi connectivity index (χ0) is 20.4. The van der Waals surface area contributed by atoms with Gasteiger partial charge in [0.25, 0.3) is 0 Å². The normalized spacial score (nSPS) is 11.4. The van der Waals surface area contributed by atoms with E-state index in [1.54, 1.807) is 7.11 Å². The average molecular weight is 383 g/mol. The van der Waals surface area contributed by atoms with Crippen LogP contribution in [0.5, 0.6) is 5.75 Å². The second-order valence-corrected chi connectivity index (χ2v) is 8.22. The standard InChI is InChI=1S/C26H26N2O/c1-26(2,3)21-14-10-20(11-15-21)25-18-24(19-12-16-23(29-4)17-13-19)27-28(25)22-8-6-5-7-9-22/h5-18H,1-4H3. The van der Waals surface area contributed by atoms with Crippen LogP contribution in [0.4, 0.5) is 0 Å². The summed E-state index contributed by atoms with van der Waals surface area (Å²) >= 11 is 0. The number of rotatable bonds is 4. The molecule has 0 aliphatic heterocycles. The number of aromatic nitrogens is 2. The fourth-order valence-electron chi connectivity index (χ4n) is 3.40. The molecule has 3 heteroatoms. The average Bonchev–Trinajstić information content (AvgIpc) is 3.19. The van der Waals surface area contributed by atoms with Crippen LogP contribution in [-0.2, 0) is 5.41 Å². The van der Waals surface area contributed by atoms with Crippen LogP contribution in [0.15, 0.2) is 84.9 Å². The molecule has 0 saturated carbocycles. The zero-order valence-electron chi connectivity index (χ0n) is 17.4. The molecule has 0 bridgehead atoms. The van der Waals surface area contributed by atoms with Crippen LogP contribution in [0.1, 0.15) is 26.3 Å². The summed E-state index contributed by atoms with van der Waals surface area (Å²) in [6, 6.07) is 29.2. The molecular weight excluding hydrogens is 356 g/mol. The van der Waals surface area contributed by atoms with Gasteiger partial charge >= 0.3 is 0 Å². The molecule has 0 fully saturated rings. The van der Waals surface area contributed by atoms with E-state index >= 15 is 0 Å². The van der Waals surface area contributed by atoms with Gasteiger partial charge in [0.2, 0.25) is 0 Å². The lowest BCUT2D eigenvalue weighted by molar-refractivity contribution is 0.415. The Labute approximate surface area is 172 Å². The lowest BCUT2D eigenvalue weighted by Crippen LogP contribution is -2.10. The number of hydrogen-bond acceptors (Lipinski definition) is 2. The number of nitrogens with zero attached hydrogens (tertiary/aromatic N) is 2. The van der Waals surface area contributed by atoms with E-state index in [1.165, 1.54) is 5.56 Å². The molecule has 0 unspecified atom stereocenters. The van der Waals surface area contributed by atoms with Gasteiger partial charge in [-0.2, -0.15) is 5.10 Å². The SMILES string of the molecule is COc1ccc(-c2cc(-c3ccc(C(C)(C)C)cc3)n(-c3ccccc3)n2)cc1. The largest absolute Gasteiger partial charge is 0.497 e. The Bertz CT molecular complexity index is 1090. The summed E-state index contributed by atoms with van der Waals surface area (Å²) in [6.45, 7) is 6.70. The second-order valence-electron chi connectivity index (χ2n) is 8.22. The van der Waals surface area contributed by atoms with Crippen molar-refractivity contribution >= 4 is 0 Å². The Morgan fingerprint density at radius 2 is 1.38 bits per heavy atom. The van der Waals surface area contributed by atoms with Crippen molar-refractivity contribution in [1.82, 2.24) is 9.78 Å². The molecule has 1 aromatic heterocycles. The van der Waals surface area contributed by atoms with Crippen LogP contribution < -0.4 is 4.74 Å². The van der Waals surface area contributed by atoms with Crippen molar-refractivity contribution in [2.24, 2.45) is 0 Å². The topological polar surface area (TPSA) is 27.1 Å². The number of para-hydroxylation sites is 1. The van der Waals surface area contributed by atoms with Gasteiger partial charge in [-0.3, -0.25) is 0 Å². The van der Waals surface area contributed by atoms with Crippen molar-refractivity contribution in [2.75, 3.05) is 7.11 Å². The monoisotopic (exact) mass is 382 g/mol. The van der Waals surface area contributed by atoms with Crippen LogP contribution in [0.2, 0.25) is 0 Å². The smallest absolute Gasteiger partial charge is 0.118 e. The maximum absolute atomic E-state index is 5.29. The highest BCUT2D eigenvalue weighted by molar-refractivity contribution is 5.71. The third-order valence-electron chi connectivity index (χ3n) is 5.14. The Kier molecular flexibility index (Phi) is 4.98. The van der Waals surface area contributed by atoms with Crippen LogP contribution in [0.3, 0.4) is 0 Å². The zero-order valence-corrected chi connectivity index (χ0v) is 17.4. The first-order valence-electron chi connectivity index (χ1n) is 9.86. The molecule has 3 nitrogen and oxygen atoms in total. The number of ether oxygens (including phenoxy) is 1. The van der Waals surface area contributed by atoms with Crippen molar-refractivity contribution < 1.29 is 4.74 Å². The molecule has 0 amide bonds. The van der Waals surface area contributed by atoms with E-state index in [0.29, 0.717) is 0 Å². The minimum Gasteiger partial charge on any atom is -0.497 e.